The number of rotatable bonds is 7. The molecule has 0 bridgehead atoms. The van der Waals surface area contributed by atoms with E-state index in [9.17, 15) is 17.6 Å². The maximum Gasteiger partial charge on any atom is 0.252 e. The van der Waals surface area contributed by atoms with Gasteiger partial charge >= 0.3 is 0 Å². The molecule has 0 aliphatic carbocycles. The van der Waals surface area contributed by atoms with Crippen LogP contribution in [0.15, 0.2) is 76.4 Å². The predicted octanol–water partition coefficient (Wildman–Crippen LogP) is 5.03. The molecule has 0 atom stereocenters. The van der Waals surface area contributed by atoms with Crippen molar-refractivity contribution >= 4 is 20.9 Å². The average molecular weight is 479 g/mol. The van der Waals surface area contributed by atoms with E-state index >= 15 is 0 Å². The Morgan fingerprint density at radius 2 is 1.59 bits per heavy atom. The lowest BCUT2D eigenvalue weighted by atomic mass is 10.0. The van der Waals surface area contributed by atoms with E-state index in [0.717, 1.165) is 45.3 Å². The number of nitrogens with zero attached hydrogens (tertiary/aromatic N) is 1. The fourth-order valence-electron chi connectivity index (χ4n) is 4.20. The third-order valence-electron chi connectivity index (χ3n) is 6.08. The van der Waals surface area contributed by atoms with Gasteiger partial charge in [0.15, 0.2) is 0 Å². The van der Waals surface area contributed by atoms with E-state index in [1.54, 1.807) is 6.07 Å². The molecule has 3 aromatic carbocycles. The van der Waals surface area contributed by atoms with Crippen molar-refractivity contribution in [2.75, 3.05) is 6.54 Å². The molecule has 0 unspecified atom stereocenters. The van der Waals surface area contributed by atoms with Crippen molar-refractivity contribution in [2.45, 2.75) is 38.6 Å². The number of pyridine rings is 1. The van der Waals surface area contributed by atoms with E-state index in [-0.39, 0.29) is 23.5 Å². The van der Waals surface area contributed by atoms with E-state index in [1.165, 1.54) is 16.4 Å². The van der Waals surface area contributed by atoms with Crippen molar-refractivity contribution in [1.82, 2.24) is 9.29 Å². The number of hydrogen-bond acceptors (Lipinski definition) is 3. The SMILES string of the molecule is Cc1cc(C)c2cc(CN(CCc3ccccc3C)S(=O)(=O)c3ccc(F)cc3)c(=O)[nH]c2c1. The maximum absolute atomic E-state index is 13.5. The van der Waals surface area contributed by atoms with Crippen LogP contribution < -0.4 is 5.56 Å². The van der Waals surface area contributed by atoms with Crippen LogP contribution >= 0.6 is 0 Å². The summed E-state index contributed by atoms with van der Waals surface area (Å²) >= 11 is 0. The highest BCUT2D eigenvalue weighted by Gasteiger charge is 2.26. The van der Waals surface area contributed by atoms with E-state index in [4.69, 9.17) is 0 Å². The lowest BCUT2D eigenvalue weighted by Gasteiger charge is -2.23. The number of benzene rings is 3. The molecule has 34 heavy (non-hydrogen) atoms. The molecule has 4 aromatic rings. The Labute approximate surface area is 198 Å². The summed E-state index contributed by atoms with van der Waals surface area (Å²) in [6, 6.07) is 18.2. The second kappa shape index (κ2) is 9.52. The zero-order chi connectivity index (χ0) is 24.5. The van der Waals surface area contributed by atoms with Crippen LogP contribution in [0.4, 0.5) is 4.39 Å². The largest absolute Gasteiger partial charge is 0.322 e. The van der Waals surface area contributed by atoms with Crippen LogP contribution in [0.25, 0.3) is 10.9 Å². The van der Waals surface area contributed by atoms with Crippen molar-refractivity contribution in [3.8, 4) is 0 Å². The summed E-state index contributed by atoms with van der Waals surface area (Å²) < 4.78 is 41.8. The molecule has 7 heteroatoms. The highest BCUT2D eigenvalue weighted by atomic mass is 32.2. The molecule has 0 aliphatic rings. The lowest BCUT2D eigenvalue weighted by Crippen LogP contribution is -2.34. The zero-order valence-corrected chi connectivity index (χ0v) is 20.2. The van der Waals surface area contributed by atoms with Crippen molar-refractivity contribution < 1.29 is 12.8 Å². The standard InChI is InChI=1S/C27H27FN2O3S/c1-18-14-20(3)25-16-22(27(31)29-26(25)15-18)17-30(13-12-21-7-5-4-6-19(21)2)34(32,33)24-10-8-23(28)9-11-24/h4-11,14-16H,12-13,17H2,1-3H3,(H,29,31). The maximum atomic E-state index is 13.5. The zero-order valence-electron chi connectivity index (χ0n) is 19.4. The van der Waals surface area contributed by atoms with Gasteiger partial charge in [0.05, 0.1) is 4.90 Å². The third kappa shape index (κ3) is 4.95. The van der Waals surface area contributed by atoms with Gasteiger partial charge in [0.1, 0.15) is 5.82 Å². The monoisotopic (exact) mass is 478 g/mol. The molecule has 0 amide bonds. The molecule has 0 radical (unpaired) electrons. The molecule has 1 aromatic heterocycles. The Morgan fingerprint density at radius 1 is 0.882 bits per heavy atom. The quantitative estimate of drug-likeness (QED) is 0.405. The van der Waals surface area contributed by atoms with E-state index < -0.39 is 15.8 Å². The molecule has 176 valence electrons. The summed E-state index contributed by atoms with van der Waals surface area (Å²) in [5.41, 5.74) is 4.88. The van der Waals surface area contributed by atoms with Crippen LogP contribution in [0, 0.1) is 26.6 Å². The number of nitrogens with one attached hydrogen (secondary N) is 1. The highest BCUT2D eigenvalue weighted by molar-refractivity contribution is 7.89. The average Bonchev–Trinajstić information content (AvgIpc) is 2.78. The van der Waals surface area contributed by atoms with E-state index in [2.05, 4.69) is 4.98 Å². The van der Waals surface area contributed by atoms with Gasteiger partial charge in [-0.3, -0.25) is 4.79 Å². The highest BCUT2D eigenvalue weighted by Crippen LogP contribution is 2.22. The second-order valence-corrected chi connectivity index (χ2v) is 10.6. The normalized spacial score (nSPS) is 11.9. The Balaban J connectivity index is 1.75. The summed E-state index contributed by atoms with van der Waals surface area (Å²) in [6.07, 6.45) is 0.483. The number of fused-ring (bicyclic) bond motifs is 1. The van der Waals surface area contributed by atoms with E-state index in [1.807, 2.05) is 57.2 Å². The summed E-state index contributed by atoms with van der Waals surface area (Å²) in [4.78, 5) is 15.8. The molecule has 0 saturated carbocycles. The number of aromatic nitrogens is 1. The summed E-state index contributed by atoms with van der Waals surface area (Å²) in [5, 5.41) is 0.873. The van der Waals surface area contributed by atoms with Gasteiger partial charge < -0.3 is 4.98 Å². The minimum absolute atomic E-state index is 0.0114. The molecule has 5 nitrogen and oxygen atoms in total. The molecular weight excluding hydrogens is 451 g/mol. The fraction of sp³-hybridized carbons (Fsp3) is 0.222. The Morgan fingerprint density at radius 3 is 2.29 bits per heavy atom. The van der Waals surface area contributed by atoms with Crippen molar-refractivity contribution in [2.24, 2.45) is 0 Å². The Kier molecular flexibility index (Phi) is 6.68. The van der Waals surface area contributed by atoms with Gasteiger partial charge in [0, 0.05) is 29.6 Å². The minimum atomic E-state index is -3.97. The van der Waals surface area contributed by atoms with Gasteiger partial charge in [-0.25, -0.2) is 12.8 Å². The first kappa shape index (κ1) is 23.9. The molecule has 0 saturated heterocycles. The van der Waals surface area contributed by atoms with Crippen LogP contribution in [-0.4, -0.2) is 24.3 Å². The minimum Gasteiger partial charge on any atom is -0.322 e. The number of sulfonamides is 1. The summed E-state index contributed by atoms with van der Waals surface area (Å²) in [7, 11) is -3.97. The van der Waals surface area contributed by atoms with Gasteiger partial charge in [-0.05, 0) is 85.8 Å². The summed E-state index contributed by atoms with van der Waals surface area (Å²) in [6.45, 7) is 5.98. The first-order valence-electron chi connectivity index (χ1n) is 11.1. The number of halogens is 1. The summed E-state index contributed by atoms with van der Waals surface area (Å²) in [5.74, 6) is -0.512. The molecule has 0 fully saturated rings. The van der Waals surface area contributed by atoms with Crippen LogP contribution in [-0.2, 0) is 23.0 Å². The Hall–Kier alpha value is -3.29. The second-order valence-electron chi connectivity index (χ2n) is 8.64. The lowest BCUT2D eigenvalue weighted by molar-refractivity contribution is 0.408. The molecule has 1 heterocycles. The third-order valence-corrected chi connectivity index (χ3v) is 7.94. The van der Waals surface area contributed by atoms with E-state index in [0.29, 0.717) is 12.0 Å². The predicted molar refractivity (Wildman–Crippen MR) is 133 cm³/mol. The van der Waals surface area contributed by atoms with Crippen LogP contribution in [0.3, 0.4) is 0 Å². The number of H-pyrrole nitrogens is 1. The molecule has 0 aliphatic heterocycles. The van der Waals surface area contributed by atoms with Crippen molar-refractivity contribution in [1.29, 1.82) is 0 Å². The first-order valence-corrected chi connectivity index (χ1v) is 12.5. The van der Waals surface area contributed by atoms with Gasteiger partial charge in [-0.2, -0.15) is 4.31 Å². The smallest absolute Gasteiger partial charge is 0.252 e. The van der Waals surface area contributed by atoms with Gasteiger partial charge in [-0.1, -0.05) is 30.3 Å². The van der Waals surface area contributed by atoms with Crippen LogP contribution in [0.1, 0.15) is 27.8 Å². The first-order chi connectivity index (χ1) is 16.1. The molecule has 0 spiro atoms. The number of aromatic amines is 1. The molecule has 1 N–H and O–H groups in total. The topological polar surface area (TPSA) is 70.2 Å². The number of aryl methyl sites for hydroxylation is 3. The molecular formula is C27H27FN2O3S. The van der Waals surface area contributed by atoms with Crippen molar-refractivity contribution in [3.63, 3.8) is 0 Å². The van der Waals surface area contributed by atoms with Gasteiger partial charge in [0.25, 0.3) is 5.56 Å². The number of hydrogen-bond donors (Lipinski definition) is 1. The van der Waals surface area contributed by atoms with Crippen LogP contribution in [0.5, 0.6) is 0 Å². The molecule has 4 rings (SSSR count). The van der Waals surface area contributed by atoms with Crippen LogP contribution in [0.2, 0.25) is 0 Å². The van der Waals surface area contributed by atoms with Crippen molar-refractivity contribution in [3.05, 3.63) is 111 Å². The Bertz CT molecular complexity index is 1510. The van der Waals surface area contributed by atoms with Gasteiger partial charge in [-0.15, -0.1) is 0 Å². The fourth-order valence-corrected chi connectivity index (χ4v) is 5.62. The van der Waals surface area contributed by atoms with Gasteiger partial charge in [0.2, 0.25) is 10.0 Å².